The van der Waals surface area contributed by atoms with Gasteiger partial charge in [0.05, 0.1) is 19.8 Å². The van der Waals surface area contributed by atoms with E-state index in [-0.39, 0.29) is 41.2 Å². The Morgan fingerprint density at radius 1 is 1.12 bits per heavy atom. The van der Waals surface area contributed by atoms with Crippen molar-refractivity contribution in [3.8, 4) is 17.2 Å². The van der Waals surface area contributed by atoms with Crippen LogP contribution in [-0.2, 0) is 4.74 Å². The first kappa shape index (κ1) is 27.5. The van der Waals surface area contributed by atoms with Crippen molar-refractivity contribution >= 4 is 40.8 Å². The number of hydrogen-bond acceptors (Lipinski definition) is 9. The molecule has 1 aromatic carbocycles. The molecule has 1 aromatic heterocycles. The van der Waals surface area contributed by atoms with E-state index >= 15 is 0 Å². The quantitative estimate of drug-likeness (QED) is 0.487. The van der Waals surface area contributed by atoms with Gasteiger partial charge in [0, 0.05) is 36.1 Å². The van der Waals surface area contributed by atoms with Gasteiger partial charge in [-0.25, -0.2) is 9.78 Å². The van der Waals surface area contributed by atoms with E-state index in [0.29, 0.717) is 30.1 Å². The van der Waals surface area contributed by atoms with Gasteiger partial charge in [-0.15, -0.1) is 23.7 Å². The summed E-state index contributed by atoms with van der Waals surface area (Å²) in [6, 6.07) is 3.33. The van der Waals surface area contributed by atoms with Gasteiger partial charge in [0.2, 0.25) is 0 Å². The van der Waals surface area contributed by atoms with Gasteiger partial charge in [0.25, 0.3) is 5.91 Å². The number of methoxy groups -OCH3 is 2. The van der Waals surface area contributed by atoms with E-state index in [0.717, 1.165) is 11.3 Å². The summed E-state index contributed by atoms with van der Waals surface area (Å²) >= 11 is 1.08. The molecule has 0 aliphatic rings. The molecule has 0 saturated carbocycles. The fourth-order valence-electron chi connectivity index (χ4n) is 3.07. The van der Waals surface area contributed by atoms with E-state index in [4.69, 9.17) is 14.2 Å². The molecule has 0 fully saturated rings. The number of ether oxygens (including phenoxy) is 3. The summed E-state index contributed by atoms with van der Waals surface area (Å²) in [7, 11) is 2.85. The highest BCUT2D eigenvalue weighted by atomic mass is 35.5. The van der Waals surface area contributed by atoms with Crippen molar-refractivity contribution in [2.24, 2.45) is 0 Å². The van der Waals surface area contributed by atoms with Crippen LogP contribution in [0.25, 0.3) is 0 Å². The smallest absolute Gasteiger partial charge is 0.357 e. The van der Waals surface area contributed by atoms with Gasteiger partial charge < -0.3 is 19.3 Å². The number of phenols is 1. The fraction of sp³-hybridized carbons (Fsp3) is 0.476. The standard InChI is InChI=1S/C21H29N3O6S.ClH/c1-12(2)24(13(3)4)7-8-30-20(27)15-11-31-21(22-15)23-19(26)14-9-17(28-5)18(29-6)10-16(14)25;/h9-13,25H,7-8H2,1-6H3,(H,22,23,26);1H. The fourth-order valence-corrected chi connectivity index (χ4v) is 3.74. The Morgan fingerprint density at radius 3 is 2.28 bits per heavy atom. The molecule has 2 rings (SSSR count). The molecule has 0 spiro atoms. The van der Waals surface area contributed by atoms with Gasteiger partial charge in [-0.1, -0.05) is 0 Å². The second-order valence-corrected chi connectivity index (χ2v) is 8.14. The topological polar surface area (TPSA) is 110 Å². The number of esters is 1. The lowest BCUT2D eigenvalue weighted by Crippen LogP contribution is -2.39. The first-order chi connectivity index (χ1) is 14.7. The molecule has 0 aliphatic carbocycles. The number of nitrogens with one attached hydrogen (secondary N) is 1. The predicted octanol–water partition coefficient (Wildman–Crippen LogP) is 3.82. The number of amides is 1. The van der Waals surface area contributed by atoms with E-state index in [1.54, 1.807) is 0 Å². The minimum atomic E-state index is -0.600. The molecule has 0 bridgehead atoms. The number of carbonyl (C=O) groups is 2. The Balaban J connectivity index is 0.00000512. The minimum absolute atomic E-state index is 0. The summed E-state index contributed by atoms with van der Waals surface area (Å²) in [4.78, 5) is 31.1. The van der Waals surface area contributed by atoms with Crippen molar-refractivity contribution in [3.05, 3.63) is 28.8 Å². The number of hydrogen-bond donors (Lipinski definition) is 2. The van der Waals surface area contributed by atoms with Crippen LogP contribution in [0.4, 0.5) is 5.13 Å². The lowest BCUT2D eigenvalue weighted by Gasteiger charge is -2.30. The van der Waals surface area contributed by atoms with E-state index in [1.165, 1.54) is 31.7 Å². The number of rotatable bonds is 10. The lowest BCUT2D eigenvalue weighted by molar-refractivity contribution is 0.0411. The SMILES string of the molecule is COc1cc(O)c(C(=O)Nc2nc(C(=O)OCCN(C(C)C)C(C)C)cs2)cc1OC.Cl. The minimum Gasteiger partial charge on any atom is -0.507 e. The molecule has 1 heterocycles. The van der Waals surface area contributed by atoms with E-state index in [1.807, 2.05) is 0 Å². The monoisotopic (exact) mass is 487 g/mol. The summed E-state index contributed by atoms with van der Waals surface area (Å²) in [6.07, 6.45) is 0. The van der Waals surface area contributed by atoms with Gasteiger partial charge in [-0.05, 0) is 27.7 Å². The molecule has 1 amide bonds. The van der Waals surface area contributed by atoms with E-state index < -0.39 is 11.9 Å². The van der Waals surface area contributed by atoms with Gasteiger partial charge in [-0.3, -0.25) is 15.0 Å². The maximum atomic E-state index is 12.5. The second-order valence-electron chi connectivity index (χ2n) is 7.28. The average molecular weight is 488 g/mol. The average Bonchev–Trinajstić information content (AvgIpc) is 3.18. The largest absolute Gasteiger partial charge is 0.507 e. The van der Waals surface area contributed by atoms with Crippen LogP contribution in [0.5, 0.6) is 17.2 Å². The zero-order chi connectivity index (χ0) is 23.1. The molecule has 0 unspecified atom stereocenters. The number of phenolic OH excluding ortho intramolecular Hbond substituents is 1. The first-order valence-corrected chi connectivity index (χ1v) is 10.7. The molecule has 0 saturated heterocycles. The third-order valence-corrected chi connectivity index (χ3v) is 5.35. The molecule has 0 radical (unpaired) electrons. The molecular weight excluding hydrogens is 458 g/mol. The predicted molar refractivity (Wildman–Crippen MR) is 126 cm³/mol. The Hall–Kier alpha value is -2.56. The number of carbonyl (C=O) groups excluding carboxylic acids is 2. The van der Waals surface area contributed by atoms with Crippen LogP contribution in [0.2, 0.25) is 0 Å². The molecule has 9 nitrogen and oxygen atoms in total. The summed E-state index contributed by atoms with van der Waals surface area (Å²) in [5.74, 6) is -0.836. The van der Waals surface area contributed by atoms with Crippen molar-refractivity contribution in [1.82, 2.24) is 9.88 Å². The van der Waals surface area contributed by atoms with Crippen molar-refractivity contribution in [2.45, 2.75) is 39.8 Å². The number of anilines is 1. The highest BCUT2D eigenvalue weighted by Crippen LogP contribution is 2.34. The summed E-state index contributed by atoms with van der Waals surface area (Å²) in [5, 5.41) is 14.4. The summed E-state index contributed by atoms with van der Waals surface area (Å²) in [5.41, 5.74) is 0.0944. The number of benzene rings is 1. The Morgan fingerprint density at radius 2 is 1.72 bits per heavy atom. The summed E-state index contributed by atoms with van der Waals surface area (Å²) < 4.78 is 15.6. The number of thiazole rings is 1. The molecule has 32 heavy (non-hydrogen) atoms. The molecule has 11 heteroatoms. The van der Waals surface area contributed by atoms with Crippen LogP contribution < -0.4 is 14.8 Å². The van der Waals surface area contributed by atoms with E-state index in [9.17, 15) is 14.7 Å². The zero-order valence-corrected chi connectivity index (χ0v) is 20.6. The molecule has 0 aliphatic heterocycles. The van der Waals surface area contributed by atoms with Gasteiger partial charge in [0.1, 0.15) is 12.4 Å². The third kappa shape index (κ3) is 6.98. The van der Waals surface area contributed by atoms with Crippen LogP contribution in [0.15, 0.2) is 17.5 Å². The van der Waals surface area contributed by atoms with Crippen molar-refractivity contribution in [2.75, 3.05) is 32.7 Å². The molecule has 178 valence electrons. The number of aromatic hydroxyl groups is 1. The highest BCUT2D eigenvalue weighted by Gasteiger charge is 2.20. The first-order valence-electron chi connectivity index (χ1n) is 9.82. The van der Waals surface area contributed by atoms with E-state index in [2.05, 4.69) is 42.9 Å². The Bertz CT molecular complexity index is 911. The second kappa shape index (κ2) is 12.5. The molecule has 2 N–H and O–H groups in total. The van der Waals surface area contributed by atoms with Gasteiger partial charge >= 0.3 is 5.97 Å². The van der Waals surface area contributed by atoms with Gasteiger partial charge in [-0.2, -0.15) is 0 Å². The Labute approximate surface area is 198 Å². The van der Waals surface area contributed by atoms with Crippen LogP contribution in [0.3, 0.4) is 0 Å². The zero-order valence-electron chi connectivity index (χ0n) is 19.0. The van der Waals surface area contributed by atoms with Gasteiger partial charge in [0.15, 0.2) is 22.3 Å². The third-order valence-electron chi connectivity index (χ3n) is 4.59. The molecular formula is C21H30ClN3O6S. The van der Waals surface area contributed by atoms with Crippen LogP contribution in [0, 0.1) is 0 Å². The van der Waals surface area contributed by atoms with Crippen molar-refractivity contribution in [1.29, 1.82) is 0 Å². The Kier molecular flexibility index (Phi) is 10.7. The van der Waals surface area contributed by atoms with Crippen LogP contribution in [-0.4, -0.2) is 66.3 Å². The summed E-state index contributed by atoms with van der Waals surface area (Å²) in [6.45, 7) is 9.23. The maximum Gasteiger partial charge on any atom is 0.357 e. The van der Waals surface area contributed by atoms with Crippen molar-refractivity contribution < 1.29 is 28.9 Å². The number of halogens is 1. The van der Waals surface area contributed by atoms with Crippen LogP contribution in [0.1, 0.15) is 48.5 Å². The molecule has 2 aromatic rings. The lowest BCUT2D eigenvalue weighted by atomic mass is 10.1. The normalized spacial score (nSPS) is 10.8. The van der Waals surface area contributed by atoms with Crippen LogP contribution >= 0.6 is 23.7 Å². The number of aromatic nitrogens is 1. The highest BCUT2D eigenvalue weighted by molar-refractivity contribution is 7.14. The molecule has 0 atom stereocenters. The van der Waals surface area contributed by atoms with Crippen molar-refractivity contribution in [3.63, 3.8) is 0 Å². The maximum absolute atomic E-state index is 12.5. The number of nitrogens with zero attached hydrogens (tertiary/aromatic N) is 2.